The summed E-state index contributed by atoms with van der Waals surface area (Å²) in [6, 6.07) is 17.0. The number of hydrogen-bond acceptors (Lipinski definition) is 24. The Labute approximate surface area is 706 Å². The normalized spacial score (nSPS) is 12.2. The number of nitrogens with one attached hydrogen (secondary N) is 10. The third-order valence-electron chi connectivity index (χ3n) is 18.5. The molecule has 0 saturated heterocycles. The summed E-state index contributed by atoms with van der Waals surface area (Å²) >= 11 is 7.91. The Bertz CT molecular complexity index is 5100. The van der Waals surface area contributed by atoms with Crippen LogP contribution in [0.2, 0.25) is 5.02 Å². The van der Waals surface area contributed by atoms with Crippen LogP contribution in [0.15, 0.2) is 103 Å². The number of hydrogen-bond donors (Lipinski definition) is 10. The molecule has 646 valence electrons. The maximum atomic E-state index is 13.6. The maximum Gasteiger partial charge on any atom is 0.291 e. The third-order valence-corrected chi connectivity index (χ3v) is 20.0. The molecule has 7 aromatic heterocycles. The van der Waals surface area contributed by atoms with Crippen molar-refractivity contribution in [1.29, 1.82) is 0 Å². The zero-order chi connectivity index (χ0) is 86.3. The van der Waals surface area contributed by atoms with Crippen molar-refractivity contribution in [3.8, 4) is 10.8 Å². The fraction of sp³-hybridized carbons (Fsp3) is 0.425. The molecule has 0 aliphatic carbocycles. The smallest absolute Gasteiger partial charge is 0.291 e. The largest absolute Gasteiger partial charge is 0.491 e. The standard InChI is InChI=1S/C80H101ClN22O17S/c1-50-51(2)121-80-69(50)70(53-11-13-54(81)14-12-53)91-59(71-97-96-52(3)103(71)80)45-68(108)88-55-15-17-58(18-16-55)120-42-41-119-40-39-118-38-37-117-36-35-116-34-33-115-32-22-65(105)83-24-10-31-114-30-9-23-82-64(104)19-25-87-77(111)73-94-62(48-101(73)7)92-66(106)20-26-86-76(110)61-44-57(47-100(61)6)90-79(113)74-95-63(49-102(74)8)93-67(107)21-27-85-75(109)60-43-56(46-99(60)5)89-78(112)72-84-28-29-98(72)4/h11-18,28-29,43-44,46-49,59H,9-10,19-27,30-42,45H2,1-8H3,(H,82,104)(H,83,105)(H,85,109)(H,86,110)(H,87,111)(H,88,108)(H,89,112)(H,90,113)(H,92,106)(H,93,107). The van der Waals surface area contributed by atoms with Gasteiger partial charge in [-0.15, -0.1) is 21.5 Å². The van der Waals surface area contributed by atoms with Crippen molar-refractivity contribution in [2.24, 2.45) is 40.2 Å². The van der Waals surface area contributed by atoms with Gasteiger partial charge in [0.25, 0.3) is 29.5 Å². The molecule has 10 rings (SSSR count). The minimum atomic E-state index is -0.642. The Hall–Kier alpha value is -12.3. The number of nitrogens with zero attached hydrogens (tertiary/aromatic N) is 12. The van der Waals surface area contributed by atoms with Gasteiger partial charge in [0.05, 0.1) is 89.6 Å². The van der Waals surface area contributed by atoms with E-state index in [2.05, 4.69) is 92.2 Å². The van der Waals surface area contributed by atoms with Crippen LogP contribution in [-0.4, -0.2) is 236 Å². The number of carbonyl (C=O) groups is 10. The first-order valence-electron chi connectivity index (χ1n) is 39.2. The van der Waals surface area contributed by atoms with Gasteiger partial charge in [-0.3, -0.25) is 57.5 Å². The number of fused-ring (bicyclic) bond motifs is 3. The molecular formula is C80H101ClN22O17S. The molecule has 39 nitrogen and oxygen atoms in total. The Morgan fingerprint density at radius 1 is 0.455 bits per heavy atom. The van der Waals surface area contributed by atoms with Crippen LogP contribution >= 0.6 is 22.9 Å². The van der Waals surface area contributed by atoms with Gasteiger partial charge in [-0.25, -0.2) is 15.0 Å². The average Bonchev–Trinajstić information content (AvgIpc) is 1.59. The van der Waals surface area contributed by atoms with Gasteiger partial charge in [-0.05, 0) is 87.7 Å². The lowest BCUT2D eigenvalue weighted by atomic mass is 9.99. The first-order valence-corrected chi connectivity index (χ1v) is 40.4. The Morgan fingerprint density at radius 2 is 0.942 bits per heavy atom. The van der Waals surface area contributed by atoms with Crippen LogP contribution in [0.25, 0.3) is 5.00 Å². The molecule has 1 aliphatic rings. The van der Waals surface area contributed by atoms with E-state index >= 15 is 0 Å². The third kappa shape index (κ3) is 27.4. The highest BCUT2D eigenvalue weighted by Gasteiger charge is 2.33. The zero-order valence-electron chi connectivity index (χ0n) is 68.6. The number of carbonyl (C=O) groups excluding carboxylic acids is 10. The number of aliphatic imine (C=N–C) groups is 1. The van der Waals surface area contributed by atoms with Crippen molar-refractivity contribution >= 4 is 116 Å². The molecule has 0 radical (unpaired) electrons. The number of imidazole rings is 3. The van der Waals surface area contributed by atoms with Gasteiger partial charge >= 0.3 is 0 Å². The molecule has 8 heterocycles. The van der Waals surface area contributed by atoms with Crippen LogP contribution < -0.4 is 57.9 Å². The highest BCUT2D eigenvalue weighted by molar-refractivity contribution is 7.15. The number of thiophene rings is 1. The molecule has 10 amide bonds. The summed E-state index contributed by atoms with van der Waals surface area (Å²) < 4.78 is 48.8. The van der Waals surface area contributed by atoms with E-state index < -0.39 is 47.4 Å². The van der Waals surface area contributed by atoms with Gasteiger partial charge in [0.15, 0.2) is 23.3 Å². The topological polar surface area (TPSA) is 462 Å². The lowest BCUT2D eigenvalue weighted by Crippen LogP contribution is -2.32. The van der Waals surface area contributed by atoms with E-state index in [1.165, 1.54) is 55.2 Å². The summed E-state index contributed by atoms with van der Waals surface area (Å²) in [5, 5.41) is 37.7. The van der Waals surface area contributed by atoms with E-state index in [0.29, 0.717) is 139 Å². The van der Waals surface area contributed by atoms with Crippen molar-refractivity contribution in [3.05, 3.63) is 165 Å². The number of ether oxygens (including phenoxy) is 7. The lowest BCUT2D eigenvalue weighted by molar-refractivity contribution is -0.122. The lowest BCUT2D eigenvalue weighted by Gasteiger charge is -2.13. The minimum absolute atomic E-state index is 0.00471. The highest BCUT2D eigenvalue weighted by atomic mass is 35.5. The molecule has 10 N–H and O–H groups in total. The number of benzene rings is 2. The van der Waals surface area contributed by atoms with Crippen LogP contribution in [-0.2, 0) is 87.6 Å². The average molecular weight is 1710 g/mol. The summed E-state index contributed by atoms with van der Waals surface area (Å²) in [7, 11) is 8.03. The number of aryl methyl sites for hydroxylation is 7. The first-order chi connectivity index (χ1) is 58.3. The highest BCUT2D eigenvalue weighted by Crippen LogP contribution is 2.40. The van der Waals surface area contributed by atoms with E-state index in [1.807, 2.05) is 35.8 Å². The van der Waals surface area contributed by atoms with Gasteiger partial charge < -0.3 is 109 Å². The van der Waals surface area contributed by atoms with Gasteiger partial charge in [-0.1, -0.05) is 23.7 Å². The van der Waals surface area contributed by atoms with Crippen LogP contribution in [0.1, 0.15) is 137 Å². The quantitative estimate of drug-likeness (QED) is 0.0212. The van der Waals surface area contributed by atoms with Gasteiger partial charge in [0, 0.05) is 171 Å². The van der Waals surface area contributed by atoms with Gasteiger partial charge in [0.2, 0.25) is 41.2 Å². The summed E-state index contributed by atoms with van der Waals surface area (Å²) in [5.74, 6) is -2.06. The molecule has 1 atom stereocenters. The second-order valence-electron chi connectivity index (χ2n) is 27.8. The molecule has 121 heavy (non-hydrogen) atoms. The Morgan fingerprint density at radius 3 is 1.48 bits per heavy atom. The van der Waals surface area contributed by atoms with E-state index in [9.17, 15) is 47.9 Å². The number of rotatable bonds is 49. The molecule has 0 saturated carbocycles. The molecule has 41 heteroatoms. The predicted octanol–water partition coefficient (Wildman–Crippen LogP) is 5.43. The van der Waals surface area contributed by atoms with Gasteiger partial charge in [-0.2, -0.15) is 0 Å². The summed E-state index contributed by atoms with van der Waals surface area (Å²) in [6.07, 6.45) is 10.2. The minimum Gasteiger partial charge on any atom is -0.491 e. The maximum absolute atomic E-state index is 13.6. The number of aromatic nitrogens is 11. The molecule has 1 aliphatic heterocycles. The zero-order valence-corrected chi connectivity index (χ0v) is 70.2. The molecular weight excluding hydrogens is 1610 g/mol. The van der Waals surface area contributed by atoms with Crippen LogP contribution in [0.4, 0.5) is 28.7 Å². The van der Waals surface area contributed by atoms with E-state index in [-0.39, 0.29) is 122 Å². The van der Waals surface area contributed by atoms with E-state index in [4.69, 9.17) is 49.8 Å². The van der Waals surface area contributed by atoms with E-state index in [1.54, 1.807) is 87.8 Å². The second-order valence-corrected chi connectivity index (χ2v) is 29.5. The molecule has 1 unspecified atom stereocenters. The van der Waals surface area contributed by atoms with Crippen LogP contribution in [0, 0.1) is 20.8 Å². The Kier molecular flexibility index (Phi) is 34.4. The number of halogens is 1. The van der Waals surface area contributed by atoms with Crippen molar-refractivity contribution < 1.29 is 81.1 Å². The fourth-order valence-electron chi connectivity index (χ4n) is 12.3. The second kappa shape index (κ2) is 45.7. The van der Waals surface area contributed by atoms with Crippen molar-refractivity contribution in [3.63, 3.8) is 0 Å². The fourth-order valence-corrected chi connectivity index (χ4v) is 13.6. The van der Waals surface area contributed by atoms with E-state index in [0.717, 1.165) is 32.3 Å². The Balaban J connectivity index is 0.471. The van der Waals surface area contributed by atoms with Crippen molar-refractivity contribution in [2.45, 2.75) is 71.8 Å². The van der Waals surface area contributed by atoms with Crippen LogP contribution in [0.3, 0.4) is 0 Å². The van der Waals surface area contributed by atoms with Gasteiger partial charge in [0.1, 0.15) is 40.6 Å². The van der Waals surface area contributed by atoms with Crippen molar-refractivity contribution in [1.82, 2.24) is 79.1 Å². The van der Waals surface area contributed by atoms with Crippen LogP contribution in [0.5, 0.6) is 5.75 Å². The molecule has 0 fully saturated rings. The van der Waals surface area contributed by atoms with Crippen molar-refractivity contribution in [2.75, 3.05) is 145 Å². The molecule has 9 aromatic rings. The summed E-state index contributed by atoms with van der Waals surface area (Å²) in [4.78, 5) is 148. The molecule has 2 aromatic carbocycles. The number of anilines is 5. The number of amides is 10. The molecule has 0 bridgehead atoms. The summed E-state index contributed by atoms with van der Waals surface area (Å²) in [5.41, 5.74) is 5.44. The predicted molar refractivity (Wildman–Crippen MR) is 448 cm³/mol. The summed E-state index contributed by atoms with van der Waals surface area (Å²) in [6.45, 7) is 11.6. The monoisotopic (exact) mass is 1710 g/mol. The SMILES string of the molecule is Cc1sc2c(c1C)C(c1ccc(Cl)cc1)=NC(CC(=O)Nc1ccc(OCCOCCOCCOCCOCCOCCC(=O)NCCCOCCCNC(=O)CCNC(=O)c3nc(NC(=O)CCNC(=O)c4cc(NC(=O)c5nc(NC(=O)CCNC(=O)c6cc(NC(=O)c7nccn7C)cn6C)cn5C)cn4C)cn3C)cc1)c1nnc(C)n1-2. The molecule has 0 spiro atoms. The first kappa shape index (κ1) is 91.0.